The van der Waals surface area contributed by atoms with Crippen molar-refractivity contribution in [2.24, 2.45) is 7.05 Å². The highest BCUT2D eigenvalue weighted by molar-refractivity contribution is 7.93. The lowest BCUT2D eigenvalue weighted by Crippen LogP contribution is -2.51. The largest absolute Gasteiger partial charge is 0.516 e. The van der Waals surface area contributed by atoms with Crippen LogP contribution in [-0.2, 0) is 27.7 Å². The summed E-state index contributed by atoms with van der Waals surface area (Å²) in [5.41, 5.74) is -7.64. The number of benzene rings is 1. The molecular weight excluding hydrogens is 538 g/mol. The molecule has 0 aliphatic heterocycles. The molecule has 0 aliphatic carbocycles. The monoisotopic (exact) mass is 548 g/mol. The van der Waals surface area contributed by atoms with E-state index in [9.17, 15) is 57.1 Å². The first-order valence-corrected chi connectivity index (χ1v) is 9.87. The quantitative estimate of drug-likeness (QED) is 0.412. The number of nitrogens with one attached hydrogen (secondary N) is 1. The molecule has 0 amide bonds. The molecule has 2 rings (SSSR count). The number of anilines is 1. The van der Waals surface area contributed by atoms with Crippen LogP contribution in [-0.4, -0.2) is 53.9 Å². The van der Waals surface area contributed by atoms with Gasteiger partial charge >= 0.3 is 45.5 Å². The third-order valence-electron chi connectivity index (χ3n) is 4.02. The molecule has 1 N–H and O–H groups in total. The van der Waals surface area contributed by atoms with Crippen molar-refractivity contribution in [3.05, 3.63) is 29.6 Å². The van der Waals surface area contributed by atoms with Gasteiger partial charge in [0.15, 0.2) is 0 Å². The molecule has 196 valence electrons. The fourth-order valence-electron chi connectivity index (χ4n) is 2.26. The zero-order chi connectivity index (χ0) is 27.2. The standard InChI is InChI=1S/C15H10F10N4O5S/c1-29-10(12(16,17)13(18,19)14(20,21)22)26-27-11(29)34-6-3-4-8(7(5-6)9(30)33-2)28-35(31,32)15(23,24)25/h3-5,28H,1-2H3. The molecule has 20 heteroatoms. The topological polar surface area (TPSA) is 112 Å². The van der Waals surface area contributed by atoms with Crippen LogP contribution in [0.25, 0.3) is 0 Å². The van der Waals surface area contributed by atoms with Gasteiger partial charge in [0, 0.05) is 7.05 Å². The van der Waals surface area contributed by atoms with Gasteiger partial charge < -0.3 is 9.47 Å². The molecule has 1 heterocycles. The highest BCUT2D eigenvalue weighted by Gasteiger charge is 2.75. The Morgan fingerprint density at radius 1 is 1.00 bits per heavy atom. The van der Waals surface area contributed by atoms with Crippen LogP contribution in [0.3, 0.4) is 0 Å². The van der Waals surface area contributed by atoms with E-state index in [1.54, 1.807) is 0 Å². The van der Waals surface area contributed by atoms with Crippen molar-refractivity contribution in [1.82, 2.24) is 14.8 Å². The molecule has 35 heavy (non-hydrogen) atoms. The van der Waals surface area contributed by atoms with Gasteiger partial charge in [-0.3, -0.25) is 9.29 Å². The van der Waals surface area contributed by atoms with E-state index >= 15 is 0 Å². The summed E-state index contributed by atoms with van der Waals surface area (Å²) < 4.78 is 162. The van der Waals surface area contributed by atoms with Gasteiger partial charge in [-0.2, -0.15) is 52.3 Å². The van der Waals surface area contributed by atoms with Gasteiger partial charge in [-0.1, -0.05) is 5.10 Å². The number of halogens is 10. The number of esters is 1. The molecule has 2 aromatic rings. The van der Waals surface area contributed by atoms with Crippen LogP contribution in [0.1, 0.15) is 16.2 Å². The Morgan fingerprint density at radius 2 is 1.57 bits per heavy atom. The number of ether oxygens (including phenoxy) is 2. The van der Waals surface area contributed by atoms with Crippen LogP contribution in [0.5, 0.6) is 11.8 Å². The number of aromatic nitrogens is 3. The van der Waals surface area contributed by atoms with E-state index < -0.39 is 68.4 Å². The normalized spacial score (nSPS) is 13.5. The van der Waals surface area contributed by atoms with E-state index in [-0.39, 0.29) is 4.57 Å². The molecule has 0 bridgehead atoms. The van der Waals surface area contributed by atoms with E-state index in [2.05, 4.69) is 14.9 Å². The van der Waals surface area contributed by atoms with Crippen molar-refractivity contribution in [2.75, 3.05) is 11.8 Å². The van der Waals surface area contributed by atoms with Gasteiger partial charge in [0.2, 0.25) is 5.82 Å². The lowest BCUT2D eigenvalue weighted by atomic mass is 10.1. The predicted octanol–water partition coefficient (Wildman–Crippen LogP) is 3.94. The van der Waals surface area contributed by atoms with Crippen molar-refractivity contribution >= 4 is 21.7 Å². The number of hydrogen-bond donors (Lipinski definition) is 1. The van der Waals surface area contributed by atoms with Crippen molar-refractivity contribution in [3.8, 4) is 11.8 Å². The summed E-state index contributed by atoms with van der Waals surface area (Å²) in [6.45, 7) is 0. The van der Waals surface area contributed by atoms with Crippen LogP contribution in [0.15, 0.2) is 18.2 Å². The summed E-state index contributed by atoms with van der Waals surface area (Å²) in [6.07, 6.45) is -6.67. The molecule has 0 fully saturated rings. The zero-order valence-electron chi connectivity index (χ0n) is 16.8. The molecule has 1 aromatic carbocycles. The maximum atomic E-state index is 13.9. The number of nitrogens with zero attached hydrogens (tertiary/aromatic N) is 3. The lowest BCUT2D eigenvalue weighted by Gasteiger charge is -2.27. The number of methoxy groups -OCH3 is 1. The summed E-state index contributed by atoms with van der Waals surface area (Å²) in [5, 5.41) is 5.50. The van der Waals surface area contributed by atoms with E-state index in [1.165, 1.54) is 0 Å². The minimum absolute atomic E-state index is 0.0856. The Bertz CT molecular complexity index is 1220. The fourth-order valence-corrected chi connectivity index (χ4v) is 2.84. The summed E-state index contributed by atoms with van der Waals surface area (Å²) in [4.78, 5) is 11.9. The molecule has 0 spiro atoms. The third-order valence-corrected chi connectivity index (χ3v) is 5.12. The van der Waals surface area contributed by atoms with Crippen molar-refractivity contribution in [1.29, 1.82) is 0 Å². The van der Waals surface area contributed by atoms with E-state index in [4.69, 9.17) is 4.74 Å². The average molecular weight is 548 g/mol. The zero-order valence-corrected chi connectivity index (χ0v) is 17.6. The Kier molecular flexibility index (Phi) is 6.95. The number of carbonyl (C=O) groups is 1. The SMILES string of the molecule is COC(=O)c1cc(Oc2nnc(C(F)(F)C(F)(F)C(F)(F)F)n2C)ccc1NS(=O)(=O)C(F)(F)F. The fraction of sp³-hybridized carbons (Fsp3) is 0.400. The van der Waals surface area contributed by atoms with Gasteiger partial charge in [0.05, 0.1) is 18.4 Å². The Balaban J connectivity index is 2.47. The highest BCUT2D eigenvalue weighted by Crippen LogP contribution is 2.51. The van der Waals surface area contributed by atoms with E-state index in [0.29, 0.717) is 25.2 Å². The maximum absolute atomic E-state index is 13.9. The van der Waals surface area contributed by atoms with Gasteiger partial charge in [-0.25, -0.2) is 4.79 Å². The summed E-state index contributed by atoms with van der Waals surface area (Å²) in [6, 6.07) is 0.653. The van der Waals surface area contributed by atoms with Gasteiger partial charge in [-0.05, 0) is 18.2 Å². The minimum Gasteiger partial charge on any atom is -0.465 e. The first-order chi connectivity index (χ1) is 15.7. The lowest BCUT2D eigenvalue weighted by molar-refractivity contribution is -0.361. The molecule has 0 saturated heterocycles. The summed E-state index contributed by atoms with van der Waals surface area (Å²) in [5.74, 6) is -16.7. The van der Waals surface area contributed by atoms with Crippen LogP contribution in [0, 0.1) is 0 Å². The number of alkyl halides is 10. The molecule has 0 aliphatic rings. The second kappa shape index (κ2) is 8.72. The van der Waals surface area contributed by atoms with Crippen molar-refractivity contribution in [3.63, 3.8) is 0 Å². The van der Waals surface area contributed by atoms with Crippen LogP contribution < -0.4 is 9.46 Å². The highest BCUT2D eigenvalue weighted by atomic mass is 32.2. The second-order valence-corrected chi connectivity index (χ2v) is 8.04. The number of carbonyl (C=O) groups excluding carboxylic acids is 1. The van der Waals surface area contributed by atoms with Gasteiger partial charge in [-0.15, -0.1) is 5.10 Å². The Morgan fingerprint density at radius 3 is 2.06 bits per heavy atom. The summed E-state index contributed by atoms with van der Waals surface area (Å²) >= 11 is 0. The van der Waals surface area contributed by atoms with Crippen LogP contribution >= 0.6 is 0 Å². The Hall–Kier alpha value is -3.32. The van der Waals surface area contributed by atoms with Crippen molar-refractivity contribution < 1.29 is 66.6 Å². The molecule has 1 aromatic heterocycles. The molecule has 0 atom stereocenters. The molecule has 9 nitrogen and oxygen atoms in total. The van der Waals surface area contributed by atoms with E-state index in [0.717, 1.165) is 11.8 Å². The van der Waals surface area contributed by atoms with Gasteiger partial charge in [0.25, 0.3) is 0 Å². The summed E-state index contributed by atoms with van der Waals surface area (Å²) in [7, 11) is -4.72. The first kappa shape index (κ1) is 27.9. The third kappa shape index (κ3) is 5.05. The maximum Gasteiger partial charge on any atom is 0.516 e. The van der Waals surface area contributed by atoms with Crippen LogP contribution in [0.4, 0.5) is 49.6 Å². The first-order valence-electron chi connectivity index (χ1n) is 8.39. The number of sulfonamides is 1. The predicted molar refractivity (Wildman–Crippen MR) is 92.4 cm³/mol. The average Bonchev–Trinajstić information content (AvgIpc) is 3.07. The molecule has 0 saturated carbocycles. The van der Waals surface area contributed by atoms with Gasteiger partial charge in [0.1, 0.15) is 5.75 Å². The number of rotatable bonds is 7. The molecular formula is C15H10F10N4O5S. The smallest absolute Gasteiger partial charge is 0.465 e. The van der Waals surface area contributed by atoms with E-state index in [1.807, 2.05) is 0 Å². The molecule has 0 unspecified atom stereocenters. The minimum atomic E-state index is -6.67. The molecule has 0 radical (unpaired) electrons. The van der Waals surface area contributed by atoms with Crippen LogP contribution in [0.2, 0.25) is 0 Å². The van der Waals surface area contributed by atoms with Crippen molar-refractivity contribution in [2.45, 2.75) is 23.5 Å². The Labute approximate surface area is 187 Å². The number of hydrogen-bond acceptors (Lipinski definition) is 7. The second-order valence-electron chi connectivity index (χ2n) is 6.36.